The Morgan fingerprint density at radius 2 is 2.11 bits per heavy atom. The second-order valence-corrected chi connectivity index (χ2v) is 4.24. The number of aromatic nitrogens is 1. The van der Waals surface area contributed by atoms with Crippen molar-refractivity contribution in [2.45, 2.75) is 20.5 Å². The van der Waals surface area contributed by atoms with Gasteiger partial charge in [-0.3, -0.25) is 4.98 Å². The van der Waals surface area contributed by atoms with Gasteiger partial charge in [0.25, 0.3) is 0 Å². The van der Waals surface area contributed by atoms with Crippen molar-refractivity contribution >= 4 is 0 Å². The number of pyridine rings is 1. The fourth-order valence-electron chi connectivity index (χ4n) is 1.84. The Morgan fingerprint density at radius 1 is 1.32 bits per heavy atom. The summed E-state index contributed by atoms with van der Waals surface area (Å²) in [5.74, 6) is 1.08. The Balaban J connectivity index is 2.40. The number of ether oxygens (including phenoxy) is 1. The van der Waals surface area contributed by atoms with Crippen LogP contribution >= 0.6 is 0 Å². The summed E-state index contributed by atoms with van der Waals surface area (Å²) in [7, 11) is 0. The smallest absolute Gasteiger partial charge is 0.148 e. The van der Waals surface area contributed by atoms with Crippen molar-refractivity contribution < 1.29 is 9.84 Å². The number of hydrogen-bond acceptors (Lipinski definition) is 4. The molecule has 0 saturated heterocycles. The molecule has 96 valence electrons. The van der Waals surface area contributed by atoms with Crippen LogP contribution in [0.5, 0.6) is 11.5 Å². The van der Waals surface area contributed by atoms with E-state index in [-0.39, 0.29) is 6.61 Å². The van der Waals surface area contributed by atoms with Gasteiger partial charge in [-0.1, -0.05) is 12.1 Å². The molecule has 0 bridgehead atoms. The van der Waals surface area contributed by atoms with Crippen LogP contribution in [0, 0.1) is 25.2 Å². The molecule has 0 amide bonds. The number of aryl methyl sites for hydroxylation is 2. The average Bonchev–Trinajstić information content (AvgIpc) is 2.38. The molecule has 1 aromatic heterocycles. The molecule has 1 aromatic carbocycles. The van der Waals surface area contributed by atoms with Crippen LogP contribution in [-0.4, -0.2) is 10.1 Å². The topological polar surface area (TPSA) is 66.1 Å². The van der Waals surface area contributed by atoms with Gasteiger partial charge in [-0.2, -0.15) is 5.26 Å². The summed E-state index contributed by atoms with van der Waals surface area (Å²) >= 11 is 0. The minimum atomic E-state index is -0.0449. The molecule has 2 rings (SSSR count). The molecule has 4 nitrogen and oxygen atoms in total. The SMILES string of the molecule is Cc1cc(Oc2cccc(CO)c2)c(C#N)c(C)n1. The molecule has 0 aliphatic carbocycles. The van der Waals surface area contributed by atoms with Crippen LogP contribution in [0.4, 0.5) is 0 Å². The van der Waals surface area contributed by atoms with Gasteiger partial charge >= 0.3 is 0 Å². The van der Waals surface area contributed by atoms with E-state index in [1.807, 2.05) is 6.92 Å². The van der Waals surface area contributed by atoms with E-state index in [0.29, 0.717) is 22.8 Å². The second kappa shape index (κ2) is 5.51. The van der Waals surface area contributed by atoms with Gasteiger partial charge in [0, 0.05) is 11.8 Å². The predicted molar refractivity (Wildman–Crippen MR) is 70.9 cm³/mol. The predicted octanol–water partition coefficient (Wildman–Crippen LogP) is 2.85. The van der Waals surface area contributed by atoms with Crippen molar-refractivity contribution in [1.82, 2.24) is 4.98 Å². The van der Waals surface area contributed by atoms with E-state index in [0.717, 1.165) is 11.3 Å². The zero-order valence-corrected chi connectivity index (χ0v) is 10.8. The number of aliphatic hydroxyl groups is 1. The first-order valence-corrected chi connectivity index (χ1v) is 5.90. The molecule has 0 saturated carbocycles. The van der Waals surface area contributed by atoms with Crippen LogP contribution in [0.1, 0.15) is 22.5 Å². The normalized spacial score (nSPS) is 10.0. The molecular formula is C15H14N2O2. The number of benzene rings is 1. The third kappa shape index (κ3) is 2.90. The first-order chi connectivity index (χ1) is 9.13. The number of aliphatic hydroxyl groups excluding tert-OH is 1. The van der Waals surface area contributed by atoms with Gasteiger partial charge in [-0.25, -0.2) is 0 Å². The van der Waals surface area contributed by atoms with Crippen LogP contribution in [0.15, 0.2) is 30.3 Å². The molecule has 0 atom stereocenters. The van der Waals surface area contributed by atoms with Gasteiger partial charge in [0.1, 0.15) is 23.1 Å². The highest BCUT2D eigenvalue weighted by molar-refractivity contribution is 5.48. The zero-order valence-electron chi connectivity index (χ0n) is 10.8. The first kappa shape index (κ1) is 13.1. The fourth-order valence-corrected chi connectivity index (χ4v) is 1.84. The summed E-state index contributed by atoms with van der Waals surface area (Å²) in [4.78, 5) is 4.24. The maximum absolute atomic E-state index is 9.16. The van der Waals surface area contributed by atoms with E-state index in [4.69, 9.17) is 15.1 Å². The zero-order chi connectivity index (χ0) is 13.8. The number of nitrogens with zero attached hydrogens (tertiary/aromatic N) is 2. The van der Waals surface area contributed by atoms with E-state index < -0.39 is 0 Å². The van der Waals surface area contributed by atoms with Gasteiger partial charge in [0.05, 0.1) is 12.3 Å². The molecular weight excluding hydrogens is 240 g/mol. The van der Waals surface area contributed by atoms with E-state index in [9.17, 15) is 0 Å². The average molecular weight is 254 g/mol. The summed E-state index contributed by atoms with van der Waals surface area (Å²) in [6.45, 7) is 3.59. The summed E-state index contributed by atoms with van der Waals surface area (Å²) < 4.78 is 5.73. The van der Waals surface area contributed by atoms with E-state index in [1.54, 1.807) is 37.3 Å². The third-order valence-electron chi connectivity index (χ3n) is 2.71. The standard InChI is InChI=1S/C15H14N2O2/c1-10-6-15(14(8-16)11(2)17-10)19-13-5-3-4-12(7-13)9-18/h3-7,18H,9H2,1-2H3. The van der Waals surface area contributed by atoms with Gasteiger partial charge < -0.3 is 9.84 Å². The Labute approximate surface area is 111 Å². The molecule has 19 heavy (non-hydrogen) atoms. The Hall–Kier alpha value is -2.38. The summed E-state index contributed by atoms with van der Waals surface area (Å²) in [6.07, 6.45) is 0. The van der Waals surface area contributed by atoms with Crippen LogP contribution in [0.3, 0.4) is 0 Å². The highest BCUT2D eigenvalue weighted by Gasteiger charge is 2.10. The molecule has 0 aliphatic rings. The second-order valence-electron chi connectivity index (χ2n) is 4.24. The maximum atomic E-state index is 9.16. The Bertz CT molecular complexity index is 645. The third-order valence-corrected chi connectivity index (χ3v) is 2.71. The van der Waals surface area contributed by atoms with Crippen molar-refractivity contribution in [2.75, 3.05) is 0 Å². The quantitative estimate of drug-likeness (QED) is 0.914. The lowest BCUT2D eigenvalue weighted by atomic mass is 10.1. The molecule has 1 heterocycles. The van der Waals surface area contributed by atoms with E-state index in [1.165, 1.54) is 0 Å². The van der Waals surface area contributed by atoms with Crippen LogP contribution in [0.25, 0.3) is 0 Å². The lowest BCUT2D eigenvalue weighted by Gasteiger charge is -2.10. The lowest BCUT2D eigenvalue weighted by molar-refractivity contribution is 0.281. The van der Waals surface area contributed by atoms with Crippen LogP contribution in [0.2, 0.25) is 0 Å². The first-order valence-electron chi connectivity index (χ1n) is 5.90. The van der Waals surface area contributed by atoms with Crippen LogP contribution in [-0.2, 0) is 6.61 Å². The number of nitriles is 1. The van der Waals surface area contributed by atoms with Crippen molar-refractivity contribution in [3.05, 3.63) is 52.8 Å². The van der Waals surface area contributed by atoms with Gasteiger partial charge in [0.2, 0.25) is 0 Å². The Morgan fingerprint density at radius 3 is 2.79 bits per heavy atom. The molecule has 2 aromatic rings. The van der Waals surface area contributed by atoms with E-state index in [2.05, 4.69) is 11.1 Å². The molecule has 4 heteroatoms. The summed E-state index contributed by atoms with van der Waals surface area (Å²) in [5, 5.41) is 18.3. The van der Waals surface area contributed by atoms with Gasteiger partial charge in [0.15, 0.2) is 0 Å². The van der Waals surface area contributed by atoms with Crippen molar-refractivity contribution in [3.8, 4) is 17.6 Å². The van der Waals surface area contributed by atoms with Crippen molar-refractivity contribution in [3.63, 3.8) is 0 Å². The number of hydrogen-bond donors (Lipinski definition) is 1. The minimum absolute atomic E-state index is 0.0449. The molecule has 0 unspecified atom stereocenters. The van der Waals surface area contributed by atoms with Crippen molar-refractivity contribution in [2.24, 2.45) is 0 Å². The van der Waals surface area contributed by atoms with E-state index >= 15 is 0 Å². The summed E-state index contributed by atoms with van der Waals surface area (Å²) in [6, 6.07) is 11.0. The highest BCUT2D eigenvalue weighted by atomic mass is 16.5. The minimum Gasteiger partial charge on any atom is -0.456 e. The fraction of sp³-hybridized carbons (Fsp3) is 0.200. The molecule has 0 aliphatic heterocycles. The maximum Gasteiger partial charge on any atom is 0.148 e. The monoisotopic (exact) mass is 254 g/mol. The Kier molecular flexibility index (Phi) is 3.79. The highest BCUT2D eigenvalue weighted by Crippen LogP contribution is 2.27. The molecule has 0 radical (unpaired) electrons. The largest absolute Gasteiger partial charge is 0.456 e. The van der Waals surface area contributed by atoms with Gasteiger partial charge in [-0.05, 0) is 31.5 Å². The van der Waals surface area contributed by atoms with Gasteiger partial charge in [-0.15, -0.1) is 0 Å². The lowest BCUT2D eigenvalue weighted by Crippen LogP contribution is -1.96. The molecule has 1 N–H and O–H groups in total. The number of rotatable bonds is 3. The van der Waals surface area contributed by atoms with Crippen LogP contribution < -0.4 is 4.74 Å². The van der Waals surface area contributed by atoms with Crippen molar-refractivity contribution in [1.29, 1.82) is 5.26 Å². The summed E-state index contributed by atoms with van der Waals surface area (Å²) in [5.41, 5.74) is 2.64. The molecule has 0 spiro atoms. The molecule has 0 fully saturated rings.